The van der Waals surface area contributed by atoms with Gasteiger partial charge in [0.15, 0.2) is 17.0 Å². The van der Waals surface area contributed by atoms with Gasteiger partial charge >= 0.3 is 6.18 Å². The Balaban J connectivity index is 1.77. The zero-order chi connectivity index (χ0) is 21.5. The monoisotopic (exact) mass is 538 g/mol. The van der Waals surface area contributed by atoms with Gasteiger partial charge in [-0.3, -0.25) is 4.79 Å². The topological polar surface area (TPSA) is 59.3 Å². The third-order valence-corrected chi connectivity index (χ3v) is 5.25. The zero-order valence-corrected chi connectivity index (χ0v) is 18.1. The van der Waals surface area contributed by atoms with E-state index < -0.39 is 17.8 Å². The first-order valence-electron chi connectivity index (χ1n) is 8.51. The second kappa shape index (κ2) is 7.84. The second-order valence-electron chi connectivity index (χ2n) is 6.29. The Labute approximate surface area is 185 Å². The number of hydrogen-bond acceptors (Lipinski definition) is 3. The molecule has 30 heavy (non-hydrogen) atoms. The summed E-state index contributed by atoms with van der Waals surface area (Å²) in [5.74, 6) is -0.638. The fourth-order valence-electron chi connectivity index (χ4n) is 2.78. The number of nitrogens with zero attached hydrogens (tertiary/aromatic N) is 3. The Hall–Kier alpha value is -2.72. The maximum atomic E-state index is 13.7. The minimum atomic E-state index is -4.68. The van der Waals surface area contributed by atoms with Crippen LogP contribution in [0.2, 0.25) is 0 Å². The Morgan fingerprint density at radius 2 is 1.53 bits per heavy atom. The van der Waals surface area contributed by atoms with Crippen LogP contribution in [-0.4, -0.2) is 20.5 Å². The third kappa shape index (κ3) is 4.24. The molecular formula is C20H11Br2F3N4O. The quantitative estimate of drug-likeness (QED) is 0.337. The molecule has 10 heteroatoms. The number of anilines is 1. The summed E-state index contributed by atoms with van der Waals surface area (Å²) >= 11 is 6.58. The number of alkyl halides is 3. The van der Waals surface area contributed by atoms with Gasteiger partial charge in [0.2, 0.25) is 0 Å². The van der Waals surface area contributed by atoms with Crippen LogP contribution in [0.4, 0.5) is 18.9 Å². The van der Waals surface area contributed by atoms with E-state index in [9.17, 15) is 18.0 Å². The summed E-state index contributed by atoms with van der Waals surface area (Å²) in [6.07, 6.45) is -4.68. The number of carbonyl (C=O) groups is 1. The van der Waals surface area contributed by atoms with Gasteiger partial charge in [-0.1, -0.05) is 44.0 Å². The Morgan fingerprint density at radius 3 is 2.13 bits per heavy atom. The number of rotatable bonds is 3. The number of amides is 1. The Morgan fingerprint density at radius 1 is 0.933 bits per heavy atom. The first kappa shape index (κ1) is 20.5. The summed E-state index contributed by atoms with van der Waals surface area (Å²) in [6, 6.07) is 15.6. The molecule has 0 atom stereocenters. The molecule has 2 aromatic heterocycles. The van der Waals surface area contributed by atoms with Crippen molar-refractivity contribution in [3.63, 3.8) is 0 Å². The Kier molecular flexibility index (Phi) is 5.37. The highest BCUT2D eigenvalue weighted by atomic mass is 79.9. The van der Waals surface area contributed by atoms with Crippen molar-refractivity contribution in [1.29, 1.82) is 0 Å². The van der Waals surface area contributed by atoms with Crippen molar-refractivity contribution in [3.05, 3.63) is 81.0 Å². The van der Waals surface area contributed by atoms with Crippen molar-refractivity contribution in [2.24, 2.45) is 0 Å². The van der Waals surface area contributed by atoms with E-state index in [1.165, 1.54) is 6.07 Å². The highest BCUT2D eigenvalue weighted by Gasteiger charge is 2.35. The molecule has 0 aliphatic rings. The van der Waals surface area contributed by atoms with Crippen molar-refractivity contribution >= 4 is 49.1 Å². The van der Waals surface area contributed by atoms with Crippen molar-refractivity contribution in [2.45, 2.75) is 6.18 Å². The molecule has 0 fully saturated rings. The van der Waals surface area contributed by atoms with Crippen LogP contribution < -0.4 is 5.32 Å². The minimum absolute atomic E-state index is 0.0799. The van der Waals surface area contributed by atoms with Gasteiger partial charge in [-0.05, 0) is 42.5 Å². The van der Waals surface area contributed by atoms with Gasteiger partial charge in [0.05, 0.1) is 5.69 Å². The summed E-state index contributed by atoms with van der Waals surface area (Å²) in [5, 5.41) is 6.45. The number of fused-ring (bicyclic) bond motifs is 1. The van der Waals surface area contributed by atoms with Crippen molar-refractivity contribution in [1.82, 2.24) is 14.6 Å². The molecule has 5 nitrogen and oxygen atoms in total. The summed E-state index contributed by atoms with van der Waals surface area (Å²) < 4.78 is 43.3. The van der Waals surface area contributed by atoms with Gasteiger partial charge in [0.1, 0.15) is 0 Å². The largest absolute Gasteiger partial charge is 0.433 e. The van der Waals surface area contributed by atoms with Gasteiger partial charge in [0.25, 0.3) is 5.91 Å². The van der Waals surface area contributed by atoms with Crippen LogP contribution in [-0.2, 0) is 6.18 Å². The number of hydrogen-bond donors (Lipinski definition) is 1. The second-order valence-corrected chi connectivity index (χ2v) is 8.12. The van der Waals surface area contributed by atoms with E-state index in [0.29, 0.717) is 15.8 Å². The standard InChI is InChI=1S/C20H11Br2F3N4O/c21-12-3-1-11(2-4-12)15-9-17(20(23,24)25)29-18(27-15)10-16(28-29)19(30)26-14-7-5-13(22)6-8-14/h1-10H,(H,26,30). The fraction of sp³-hybridized carbons (Fsp3) is 0.0500. The molecule has 0 aliphatic carbocycles. The van der Waals surface area contributed by atoms with Crippen LogP contribution in [0.15, 0.2) is 69.6 Å². The summed E-state index contributed by atoms with van der Waals surface area (Å²) in [6.45, 7) is 0. The van der Waals surface area contributed by atoms with E-state index >= 15 is 0 Å². The molecule has 0 unspecified atom stereocenters. The molecule has 0 radical (unpaired) electrons. The molecule has 4 aromatic rings. The van der Waals surface area contributed by atoms with Gasteiger partial charge in [-0.15, -0.1) is 0 Å². The molecule has 0 saturated carbocycles. The molecule has 0 saturated heterocycles. The average Bonchev–Trinajstić information content (AvgIpc) is 3.13. The van der Waals surface area contributed by atoms with Crippen LogP contribution in [0.3, 0.4) is 0 Å². The van der Waals surface area contributed by atoms with E-state index in [-0.39, 0.29) is 17.0 Å². The van der Waals surface area contributed by atoms with Crippen molar-refractivity contribution in [2.75, 3.05) is 5.32 Å². The normalized spacial score (nSPS) is 11.6. The van der Waals surface area contributed by atoms with Gasteiger partial charge in [-0.2, -0.15) is 18.3 Å². The van der Waals surface area contributed by atoms with E-state index in [1.54, 1.807) is 48.5 Å². The van der Waals surface area contributed by atoms with E-state index in [1.807, 2.05) is 0 Å². The number of aromatic nitrogens is 3. The molecule has 0 aliphatic heterocycles. The average molecular weight is 540 g/mol. The summed E-state index contributed by atoms with van der Waals surface area (Å²) in [5.41, 5.74) is -0.157. The number of nitrogens with one attached hydrogen (secondary N) is 1. The van der Waals surface area contributed by atoms with Crippen molar-refractivity contribution in [3.8, 4) is 11.3 Å². The highest BCUT2D eigenvalue weighted by molar-refractivity contribution is 9.10. The molecule has 152 valence electrons. The van der Waals surface area contributed by atoms with E-state index in [4.69, 9.17) is 0 Å². The smallest absolute Gasteiger partial charge is 0.321 e. The lowest BCUT2D eigenvalue weighted by Crippen LogP contribution is -2.15. The maximum absolute atomic E-state index is 13.7. The van der Waals surface area contributed by atoms with Gasteiger partial charge < -0.3 is 5.32 Å². The van der Waals surface area contributed by atoms with Gasteiger partial charge in [-0.25, -0.2) is 9.50 Å². The molecular weight excluding hydrogens is 529 g/mol. The molecule has 1 N–H and O–H groups in total. The Bertz CT molecular complexity index is 1240. The number of halogens is 5. The summed E-state index contributed by atoms with van der Waals surface area (Å²) in [7, 11) is 0. The maximum Gasteiger partial charge on any atom is 0.433 e. The lowest BCUT2D eigenvalue weighted by Gasteiger charge is -2.11. The van der Waals surface area contributed by atoms with Crippen LogP contribution in [0.1, 0.15) is 16.2 Å². The molecule has 2 aromatic carbocycles. The van der Waals surface area contributed by atoms with Gasteiger partial charge in [0, 0.05) is 26.3 Å². The number of benzene rings is 2. The van der Waals surface area contributed by atoms with Crippen LogP contribution in [0.25, 0.3) is 16.9 Å². The first-order chi connectivity index (χ1) is 14.2. The lowest BCUT2D eigenvalue weighted by atomic mass is 10.1. The molecule has 2 heterocycles. The summed E-state index contributed by atoms with van der Waals surface area (Å²) in [4.78, 5) is 16.8. The predicted octanol–water partition coefficient (Wildman–Crippen LogP) is 6.19. The van der Waals surface area contributed by atoms with E-state index in [2.05, 4.69) is 47.3 Å². The molecule has 1 amide bonds. The predicted molar refractivity (Wildman–Crippen MR) is 113 cm³/mol. The molecule has 0 bridgehead atoms. The SMILES string of the molecule is O=C(Nc1ccc(Br)cc1)c1cc2nc(-c3ccc(Br)cc3)cc(C(F)(F)F)n2n1. The minimum Gasteiger partial charge on any atom is -0.321 e. The first-order valence-corrected chi connectivity index (χ1v) is 10.1. The molecule has 4 rings (SSSR count). The fourth-order valence-corrected chi connectivity index (χ4v) is 3.31. The van der Waals surface area contributed by atoms with Crippen molar-refractivity contribution < 1.29 is 18.0 Å². The van der Waals surface area contributed by atoms with E-state index in [0.717, 1.165) is 15.0 Å². The zero-order valence-electron chi connectivity index (χ0n) is 14.9. The van der Waals surface area contributed by atoms with Crippen LogP contribution >= 0.6 is 31.9 Å². The number of carbonyl (C=O) groups excluding carboxylic acids is 1. The lowest BCUT2D eigenvalue weighted by molar-refractivity contribution is -0.142. The molecule has 0 spiro atoms. The van der Waals surface area contributed by atoms with Crippen LogP contribution in [0, 0.1) is 0 Å². The highest BCUT2D eigenvalue weighted by Crippen LogP contribution is 2.32. The third-order valence-electron chi connectivity index (χ3n) is 4.19. The van der Waals surface area contributed by atoms with Crippen LogP contribution in [0.5, 0.6) is 0 Å².